The number of nitrogens with zero attached hydrogens (tertiary/aromatic N) is 2. The predicted octanol–water partition coefficient (Wildman–Crippen LogP) is 23.6. The molecule has 0 saturated heterocycles. The van der Waals surface area contributed by atoms with Gasteiger partial charge in [-0.05, 0) is 192 Å². The van der Waals surface area contributed by atoms with Crippen LogP contribution in [0, 0.1) is 27.7 Å². The minimum absolute atomic E-state index is 1.04. The number of hydrogen-bond donors (Lipinski definition) is 0. The van der Waals surface area contributed by atoms with Crippen LogP contribution in [0.4, 0.5) is 34.1 Å². The van der Waals surface area contributed by atoms with Gasteiger partial charge in [-0.1, -0.05) is 246 Å². The van der Waals surface area contributed by atoms with Gasteiger partial charge in [0.1, 0.15) is 0 Å². The largest absolute Gasteiger partial charge is 0.309 e. The van der Waals surface area contributed by atoms with Crippen molar-refractivity contribution in [3.05, 3.63) is 249 Å². The molecule has 0 unspecified atom stereocenters. The van der Waals surface area contributed by atoms with Crippen LogP contribution < -0.4 is 9.80 Å². The van der Waals surface area contributed by atoms with E-state index >= 15 is 0 Å². The van der Waals surface area contributed by atoms with E-state index in [4.69, 9.17) is 0 Å². The van der Waals surface area contributed by atoms with E-state index in [1.165, 1.54) is 144 Å². The van der Waals surface area contributed by atoms with Crippen LogP contribution in [0.5, 0.6) is 0 Å². The molecule has 11 aromatic rings. The molecule has 0 amide bonds. The molecule has 0 fully saturated rings. The molecule has 0 heterocycles. The number of aryl methyl sites for hydroxylation is 8. The van der Waals surface area contributed by atoms with Crippen LogP contribution in [0.2, 0.25) is 0 Å². The van der Waals surface area contributed by atoms with E-state index in [0.29, 0.717) is 0 Å². The predicted molar refractivity (Wildman–Crippen MR) is 361 cm³/mol. The van der Waals surface area contributed by atoms with Crippen LogP contribution in [0.1, 0.15) is 146 Å². The normalized spacial score (nSPS) is 11.9. The van der Waals surface area contributed by atoms with Crippen molar-refractivity contribution in [3.8, 4) is 0 Å². The van der Waals surface area contributed by atoms with Crippen LogP contribution in [-0.4, -0.2) is 0 Å². The van der Waals surface area contributed by atoms with Crippen LogP contribution in [0.25, 0.3) is 67.4 Å². The van der Waals surface area contributed by atoms with Crippen LogP contribution >= 0.6 is 0 Å². The van der Waals surface area contributed by atoms with Gasteiger partial charge in [0.2, 0.25) is 0 Å². The number of fused-ring (bicyclic) bond motifs is 2. The summed E-state index contributed by atoms with van der Waals surface area (Å²) in [5, 5.41) is 10.4. The van der Waals surface area contributed by atoms with Crippen molar-refractivity contribution in [2.45, 2.75) is 132 Å². The fraction of sp³-hybridized carbons (Fsp3) is 0.250. The number of hydrogen-bond acceptors (Lipinski definition) is 2. The fourth-order valence-corrected chi connectivity index (χ4v) is 12.7. The summed E-state index contributed by atoms with van der Waals surface area (Å²) in [6.07, 6.45) is 22.3. The van der Waals surface area contributed by atoms with E-state index in [0.717, 1.165) is 77.0 Å². The van der Waals surface area contributed by atoms with Gasteiger partial charge < -0.3 is 9.80 Å². The van der Waals surface area contributed by atoms with Gasteiger partial charge in [-0.15, -0.1) is 0 Å². The van der Waals surface area contributed by atoms with Gasteiger partial charge in [-0.2, -0.15) is 0 Å². The second kappa shape index (κ2) is 25.3. The number of anilines is 6. The molecule has 0 aliphatic carbocycles. The Hall–Kier alpha value is -8.20. The van der Waals surface area contributed by atoms with Gasteiger partial charge in [0.25, 0.3) is 0 Å². The van der Waals surface area contributed by atoms with Gasteiger partial charge in [-0.3, -0.25) is 0 Å². The summed E-state index contributed by atoms with van der Waals surface area (Å²) in [5.74, 6) is 0. The molecule has 0 atom stereocenters. The second-order valence-corrected chi connectivity index (χ2v) is 23.3. The summed E-state index contributed by atoms with van der Waals surface area (Å²) in [7, 11) is 0. The Bertz CT molecular complexity index is 3700. The summed E-state index contributed by atoms with van der Waals surface area (Å²) >= 11 is 0. The number of benzene rings is 11. The average Bonchev–Trinajstić information content (AvgIpc) is 3.65. The third kappa shape index (κ3) is 11.6. The lowest BCUT2D eigenvalue weighted by Gasteiger charge is -2.33. The van der Waals surface area contributed by atoms with Gasteiger partial charge >= 0.3 is 0 Å². The summed E-state index contributed by atoms with van der Waals surface area (Å²) in [6.45, 7) is 18.2. The first-order chi connectivity index (χ1) is 40.1. The number of unbranched alkanes of at least 4 members (excludes halogenated alkanes) is 4. The van der Waals surface area contributed by atoms with E-state index in [-0.39, 0.29) is 0 Å². The number of rotatable bonds is 22. The molecule has 0 bridgehead atoms. The average molecular weight is 1070 g/mol. The zero-order valence-corrected chi connectivity index (χ0v) is 50.0. The van der Waals surface area contributed by atoms with Gasteiger partial charge in [0.05, 0.1) is 22.7 Å². The minimum Gasteiger partial charge on any atom is -0.309 e. The maximum atomic E-state index is 2.64. The minimum atomic E-state index is 1.04. The molecular formula is C80H82N2. The maximum Gasteiger partial charge on any atom is 0.0540 e. The molecule has 0 radical (unpaired) electrons. The first-order valence-corrected chi connectivity index (χ1v) is 30.8. The molecule has 82 heavy (non-hydrogen) atoms. The molecule has 0 aliphatic rings. The Morgan fingerprint density at radius 2 is 0.573 bits per heavy atom. The topological polar surface area (TPSA) is 6.48 Å². The summed E-state index contributed by atoms with van der Waals surface area (Å²) < 4.78 is 0. The molecular weight excluding hydrogens is 989 g/mol. The highest BCUT2D eigenvalue weighted by molar-refractivity contribution is 6.35. The van der Waals surface area contributed by atoms with E-state index in [1.807, 2.05) is 0 Å². The Labute approximate surface area is 489 Å². The molecule has 0 aromatic heterocycles. The lowest BCUT2D eigenvalue weighted by atomic mass is 9.87. The molecule has 412 valence electrons. The molecule has 0 aliphatic heterocycles. The maximum absolute atomic E-state index is 2.64. The first kappa shape index (κ1) is 55.7. The van der Waals surface area contributed by atoms with E-state index in [9.17, 15) is 0 Å². The molecule has 0 N–H and O–H groups in total. The van der Waals surface area contributed by atoms with Crippen molar-refractivity contribution in [1.29, 1.82) is 0 Å². The third-order valence-corrected chi connectivity index (χ3v) is 17.0. The summed E-state index contributed by atoms with van der Waals surface area (Å²) in [5.41, 5.74) is 23.2. The quantitative estimate of drug-likeness (QED) is 0.0379. The van der Waals surface area contributed by atoms with E-state index < -0.39 is 0 Å². The van der Waals surface area contributed by atoms with Crippen molar-refractivity contribution in [3.63, 3.8) is 0 Å². The van der Waals surface area contributed by atoms with Crippen LogP contribution in [0.15, 0.2) is 182 Å². The zero-order valence-electron chi connectivity index (χ0n) is 50.0. The summed E-state index contributed by atoms with van der Waals surface area (Å²) in [6, 6.07) is 70.0. The third-order valence-electron chi connectivity index (χ3n) is 17.0. The lowest BCUT2D eigenvalue weighted by molar-refractivity contribution is 0.779. The van der Waals surface area contributed by atoms with Gasteiger partial charge in [-0.25, -0.2) is 0 Å². The Balaban J connectivity index is 1.12. The Morgan fingerprint density at radius 3 is 0.878 bits per heavy atom. The van der Waals surface area contributed by atoms with Crippen LogP contribution in [0.3, 0.4) is 0 Å². The van der Waals surface area contributed by atoms with Crippen molar-refractivity contribution >= 4 is 102 Å². The van der Waals surface area contributed by atoms with Gasteiger partial charge in [0, 0.05) is 22.1 Å². The van der Waals surface area contributed by atoms with Crippen LogP contribution in [-0.2, 0) is 25.7 Å². The lowest BCUT2D eigenvalue weighted by Crippen LogP contribution is -2.16. The second-order valence-electron chi connectivity index (χ2n) is 23.3. The standard InChI is InChI=1S/C80H82N2/c1-9-13-19-63-51-57(7)52-64(20-14-10-2)79(63)81(67-43-39-61(40-44-67)37-35-59-31-27-55(5)28-32-59)75-49-47-71-72-48-50-76(74-26-18-24-70(78(72)74)69-23-17-25-73(75)77(69)71)82(80-65(21-15-11-3)53-58(8)54-66(80)22-16-12-4)68-45-41-62(42-46-68)38-36-60-33-29-56(6)30-34-60/h17-18,23-54H,9-16,19-22H2,1-8H3/b37-35+,38-36+. The smallest absolute Gasteiger partial charge is 0.0540 e. The molecule has 0 saturated carbocycles. The van der Waals surface area contributed by atoms with E-state index in [2.05, 4.69) is 271 Å². The first-order valence-electron chi connectivity index (χ1n) is 30.8. The zero-order chi connectivity index (χ0) is 56.7. The van der Waals surface area contributed by atoms with E-state index in [1.54, 1.807) is 0 Å². The molecule has 2 nitrogen and oxygen atoms in total. The fourth-order valence-electron chi connectivity index (χ4n) is 12.7. The SMILES string of the molecule is CCCCc1cc(C)cc(CCCC)c1N(c1ccc(/C=C/c2ccc(C)cc2)cc1)c1ccc2c3ccc(N(c4ccc(/C=C/c5ccc(C)cc5)cc4)c4c(CCCC)cc(C)cc4CCCC)c4cccc(c5cccc1c52)c43. The van der Waals surface area contributed by atoms with Gasteiger partial charge in [0.15, 0.2) is 0 Å². The summed E-state index contributed by atoms with van der Waals surface area (Å²) in [4.78, 5) is 5.28. The monoisotopic (exact) mass is 1070 g/mol. The highest BCUT2D eigenvalue weighted by Crippen LogP contribution is 2.51. The van der Waals surface area contributed by atoms with Crippen molar-refractivity contribution in [1.82, 2.24) is 0 Å². The molecule has 0 spiro atoms. The highest BCUT2D eigenvalue weighted by atomic mass is 15.2. The molecule has 11 aromatic carbocycles. The Morgan fingerprint density at radius 1 is 0.293 bits per heavy atom. The Kier molecular flexibility index (Phi) is 17.2. The molecule has 11 rings (SSSR count). The molecule has 2 heteroatoms. The van der Waals surface area contributed by atoms with Crippen molar-refractivity contribution < 1.29 is 0 Å². The highest BCUT2D eigenvalue weighted by Gasteiger charge is 2.27. The van der Waals surface area contributed by atoms with Crippen molar-refractivity contribution in [2.75, 3.05) is 9.80 Å². The van der Waals surface area contributed by atoms with Crippen molar-refractivity contribution in [2.24, 2.45) is 0 Å².